The standard InChI is InChI=1S/C39H41FN2O7/c1-23-24(2)37-31(25(3)36(23)43)16-17-39(4,49-37)22-48-30-14-15-32-33(19-30)42(5)35(41-32)21-46-29-12-8-26(9-13-29)18-34(38(44)45)47-20-27-6-10-28(40)11-7-27/h6-15,19,34,43H,16-18,20-22H2,1-5H3,(H,44,45). The number of benzene rings is 4. The highest BCUT2D eigenvalue weighted by Crippen LogP contribution is 2.43. The lowest BCUT2D eigenvalue weighted by Gasteiger charge is -2.37. The maximum absolute atomic E-state index is 13.2. The molecule has 0 spiro atoms. The summed E-state index contributed by atoms with van der Waals surface area (Å²) in [5, 5.41) is 20.2. The van der Waals surface area contributed by atoms with Gasteiger partial charge in [0.25, 0.3) is 0 Å². The van der Waals surface area contributed by atoms with Gasteiger partial charge in [-0.3, -0.25) is 0 Å². The Labute approximate surface area is 284 Å². The van der Waals surface area contributed by atoms with Crippen LogP contribution in [-0.2, 0) is 42.6 Å². The monoisotopic (exact) mass is 668 g/mol. The molecule has 0 saturated carbocycles. The van der Waals surface area contributed by atoms with Crippen molar-refractivity contribution in [3.8, 4) is 23.0 Å². The lowest BCUT2D eigenvalue weighted by molar-refractivity contribution is -0.151. The van der Waals surface area contributed by atoms with Crippen LogP contribution in [-0.4, -0.2) is 44.0 Å². The number of aromatic nitrogens is 2. The average molecular weight is 669 g/mol. The number of fused-ring (bicyclic) bond motifs is 2. The molecule has 0 fully saturated rings. The molecule has 256 valence electrons. The van der Waals surface area contributed by atoms with E-state index in [1.807, 2.05) is 62.7 Å². The maximum atomic E-state index is 13.2. The number of rotatable bonds is 12. The Morgan fingerprint density at radius 3 is 2.37 bits per heavy atom. The lowest BCUT2D eigenvalue weighted by atomic mass is 9.87. The number of phenolic OH excluding ortho intramolecular Hbond substituents is 1. The molecule has 2 heterocycles. The van der Waals surface area contributed by atoms with Crippen LogP contribution in [0.15, 0.2) is 66.7 Å². The number of carbonyl (C=O) groups is 1. The van der Waals surface area contributed by atoms with Crippen LogP contribution in [0.25, 0.3) is 11.0 Å². The summed E-state index contributed by atoms with van der Waals surface area (Å²) in [5.74, 6) is 1.84. The molecule has 49 heavy (non-hydrogen) atoms. The summed E-state index contributed by atoms with van der Waals surface area (Å²) in [7, 11) is 1.93. The fourth-order valence-electron chi connectivity index (χ4n) is 6.15. The largest absolute Gasteiger partial charge is 0.507 e. The third-order valence-electron chi connectivity index (χ3n) is 9.43. The van der Waals surface area contributed by atoms with E-state index < -0.39 is 17.7 Å². The van der Waals surface area contributed by atoms with E-state index in [9.17, 15) is 19.4 Å². The molecule has 1 aliphatic rings. The first-order valence-electron chi connectivity index (χ1n) is 16.3. The number of ether oxygens (including phenoxy) is 4. The summed E-state index contributed by atoms with van der Waals surface area (Å²) in [6.07, 6.45) is 0.700. The van der Waals surface area contributed by atoms with Gasteiger partial charge in [-0.1, -0.05) is 24.3 Å². The van der Waals surface area contributed by atoms with Gasteiger partial charge in [-0.05, 0) is 105 Å². The number of nitrogens with zero attached hydrogens (tertiary/aromatic N) is 2. The van der Waals surface area contributed by atoms with E-state index in [2.05, 4.69) is 6.92 Å². The van der Waals surface area contributed by atoms with Gasteiger partial charge in [0, 0.05) is 25.1 Å². The highest BCUT2D eigenvalue weighted by Gasteiger charge is 2.35. The number of aliphatic carboxylic acids is 1. The molecular formula is C39H41FN2O7. The van der Waals surface area contributed by atoms with Gasteiger partial charge in [-0.25, -0.2) is 14.2 Å². The number of hydrogen-bond donors (Lipinski definition) is 2. The zero-order chi connectivity index (χ0) is 34.9. The summed E-state index contributed by atoms with van der Waals surface area (Å²) in [6, 6.07) is 18.8. The Morgan fingerprint density at radius 2 is 1.65 bits per heavy atom. The molecule has 1 aromatic heterocycles. The molecule has 2 atom stereocenters. The average Bonchev–Trinajstić information content (AvgIpc) is 3.41. The predicted octanol–water partition coefficient (Wildman–Crippen LogP) is 7.30. The Balaban J connectivity index is 1.05. The van der Waals surface area contributed by atoms with Gasteiger partial charge in [0.15, 0.2) is 6.10 Å². The van der Waals surface area contributed by atoms with Crippen molar-refractivity contribution >= 4 is 17.0 Å². The van der Waals surface area contributed by atoms with E-state index in [0.717, 1.165) is 63.3 Å². The van der Waals surface area contributed by atoms with E-state index in [0.29, 0.717) is 29.4 Å². The Morgan fingerprint density at radius 1 is 0.959 bits per heavy atom. The summed E-state index contributed by atoms with van der Waals surface area (Å²) >= 11 is 0. The number of carboxylic acids is 1. The molecule has 5 aromatic rings. The molecule has 2 N–H and O–H groups in total. The molecule has 6 rings (SSSR count). The number of imidazole rings is 1. The number of halogens is 1. The fourth-order valence-corrected chi connectivity index (χ4v) is 6.15. The SMILES string of the molecule is Cc1c(C)c2c(c(C)c1O)CCC(C)(COc1ccc3nc(COc4ccc(CC(OCc5ccc(F)cc5)C(=O)O)cc4)n(C)c3c1)O2. The topological polar surface area (TPSA) is 112 Å². The van der Waals surface area contributed by atoms with Crippen molar-refractivity contribution in [1.82, 2.24) is 9.55 Å². The normalized spacial score (nSPS) is 16.2. The number of hydrogen-bond acceptors (Lipinski definition) is 7. The van der Waals surface area contributed by atoms with E-state index in [1.54, 1.807) is 24.3 Å². The Bertz CT molecular complexity index is 1990. The molecule has 0 amide bonds. The van der Waals surface area contributed by atoms with Gasteiger partial charge >= 0.3 is 5.97 Å². The molecule has 2 unspecified atom stereocenters. The van der Waals surface area contributed by atoms with Gasteiger partial charge in [-0.2, -0.15) is 0 Å². The summed E-state index contributed by atoms with van der Waals surface area (Å²) in [5.41, 5.74) is 6.44. The second-order valence-electron chi connectivity index (χ2n) is 13.0. The van der Waals surface area contributed by atoms with Crippen molar-refractivity contribution in [3.63, 3.8) is 0 Å². The van der Waals surface area contributed by atoms with Crippen molar-refractivity contribution in [2.75, 3.05) is 6.61 Å². The molecule has 1 aliphatic heterocycles. The number of aromatic hydroxyl groups is 1. The van der Waals surface area contributed by atoms with Gasteiger partial charge in [0.1, 0.15) is 53.5 Å². The second kappa shape index (κ2) is 13.8. The molecule has 0 bridgehead atoms. The van der Waals surface area contributed by atoms with E-state index in [4.69, 9.17) is 23.9 Å². The van der Waals surface area contributed by atoms with E-state index in [-0.39, 0.29) is 25.5 Å². The minimum Gasteiger partial charge on any atom is -0.507 e. The highest BCUT2D eigenvalue weighted by atomic mass is 19.1. The summed E-state index contributed by atoms with van der Waals surface area (Å²) in [6.45, 7) is 8.58. The lowest BCUT2D eigenvalue weighted by Crippen LogP contribution is -2.42. The van der Waals surface area contributed by atoms with Gasteiger partial charge in [0.05, 0.1) is 17.6 Å². The quantitative estimate of drug-likeness (QED) is 0.143. The predicted molar refractivity (Wildman–Crippen MR) is 183 cm³/mol. The van der Waals surface area contributed by atoms with Gasteiger partial charge in [-0.15, -0.1) is 0 Å². The number of carboxylic acid groups (broad SMARTS) is 1. The molecular weight excluding hydrogens is 627 g/mol. The maximum Gasteiger partial charge on any atom is 0.333 e. The zero-order valence-corrected chi connectivity index (χ0v) is 28.4. The van der Waals surface area contributed by atoms with Crippen LogP contribution in [0.3, 0.4) is 0 Å². The van der Waals surface area contributed by atoms with Crippen molar-refractivity contribution in [3.05, 3.63) is 112 Å². The van der Waals surface area contributed by atoms with Crippen LogP contribution < -0.4 is 14.2 Å². The van der Waals surface area contributed by atoms with Crippen LogP contribution >= 0.6 is 0 Å². The van der Waals surface area contributed by atoms with Crippen molar-refractivity contribution in [2.24, 2.45) is 7.05 Å². The Hall–Kier alpha value is -5.09. The van der Waals surface area contributed by atoms with Crippen LogP contribution in [0.4, 0.5) is 4.39 Å². The fraction of sp³-hybridized carbons (Fsp3) is 0.333. The first-order chi connectivity index (χ1) is 23.4. The smallest absolute Gasteiger partial charge is 0.333 e. The van der Waals surface area contributed by atoms with Crippen LogP contribution in [0.1, 0.15) is 52.5 Å². The zero-order valence-electron chi connectivity index (χ0n) is 28.4. The number of phenols is 1. The second-order valence-corrected chi connectivity index (χ2v) is 13.0. The molecule has 10 heteroatoms. The van der Waals surface area contributed by atoms with Gasteiger partial charge < -0.3 is 33.7 Å². The van der Waals surface area contributed by atoms with Crippen LogP contribution in [0.2, 0.25) is 0 Å². The summed E-state index contributed by atoms with van der Waals surface area (Å²) < 4.78 is 39.6. The third-order valence-corrected chi connectivity index (χ3v) is 9.43. The Kier molecular flexibility index (Phi) is 9.52. The minimum atomic E-state index is -1.07. The van der Waals surface area contributed by atoms with Crippen molar-refractivity contribution < 1.29 is 38.3 Å². The van der Waals surface area contributed by atoms with Crippen LogP contribution in [0, 0.1) is 26.6 Å². The van der Waals surface area contributed by atoms with E-state index >= 15 is 0 Å². The third kappa shape index (κ3) is 7.34. The molecule has 9 nitrogen and oxygen atoms in total. The minimum absolute atomic E-state index is 0.0683. The molecule has 0 aliphatic carbocycles. The number of aryl methyl sites for hydroxylation is 1. The molecule has 4 aromatic carbocycles. The first kappa shape index (κ1) is 33.8. The van der Waals surface area contributed by atoms with Crippen molar-refractivity contribution in [2.45, 2.75) is 71.9 Å². The molecule has 0 saturated heterocycles. The summed E-state index contributed by atoms with van der Waals surface area (Å²) in [4.78, 5) is 16.5. The highest BCUT2D eigenvalue weighted by molar-refractivity contribution is 5.77. The van der Waals surface area contributed by atoms with Crippen molar-refractivity contribution in [1.29, 1.82) is 0 Å². The van der Waals surface area contributed by atoms with Crippen LogP contribution in [0.5, 0.6) is 23.0 Å². The van der Waals surface area contributed by atoms with Gasteiger partial charge in [0.2, 0.25) is 0 Å². The first-order valence-corrected chi connectivity index (χ1v) is 16.3. The molecule has 0 radical (unpaired) electrons. The van der Waals surface area contributed by atoms with E-state index in [1.165, 1.54) is 12.1 Å².